The van der Waals surface area contributed by atoms with E-state index in [4.69, 9.17) is 19.5 Å². The summed E-state index contributed by atoms with van der Waals surface area (Å²) < 4.78 is 16.5. The second-order valence-corrected chi connectivity index (χ2v) is 8.63. The van der Waals surface area contributed by atoms with Gasteiger partial charge in [0.1, 0.15) is 23.4 Å². The van der Waals surface area contributed by atoms with Gasteiger partial charge in [0.05, 0.1) is 18.9 Å². The summed E-state index contributed by atoms with van der Waals surface area (Å²) in [6, 6.07) is 7.84. The summed E-state index contributed by atoms with van der Waals surface area (Å²) in [7, 11) is 1.36. The van der Waals surface area contributed by atoms with Crippen molar-refractivity contribution in [1.82, 2.24) is 4.90 Å². The quantitative estimate of drug-likeness (QED) is 0.698. The summed E-state index contributed by atoms with van der Waals surface area (Å²) in [6.45, 7) is 8.05. The number of nitrogens with zero attached hydrogens (tertiary/aromatic N) is 3. The number of rotatable bonds is 4. The van der Waals surface area contributed by atoms with Gasteiger partial charge in [0.25, 0.3) is 0 Å². The molecule has 1 saturated heterocycles. The molecule has 0 aliphatic carbocycles. The molecule has 1 fully saturated rings. The summed E-state index contributed by atoms with van der Waals surface area (Å²) >= 11 is 0. The lowest BCUT2D eigenvalue weighted by molar-refractivity contribution is -0.148. The van der Waals surface area contributed by atoms with Gasteiger partial charge in [-0.1, -0.05) is 12.1 Å². The summed E-state index contributed by atoms with van der Waals surface area (Å²) in [6.07, 6.45) is 0.272. The molecule has 8 heteroatoms. The second kappa shape index (κ2) is 8.42. The standard InChI is InChI=1S/C22H29N3O5/c1-21(2,3)30-20(27)25-13-11-24(12-14-25)17-8-5-7-16-18(17)29-15-22(16,9-6-10-23)19(26)28-4/h5,7-8H,6,9,11-15H2,1-4H3. The second-order valence-electron chi connectivity index (χ2n) is 8.63. The largest absolute Gasteiger partial charge is 0.490 e. The molecule has 162 valence electrons. The van der Waals surface area contributed by atoms with Crippen molar-refractivity contribution in [3.63, 3.8) is 0 Å². The first-order valence-electron chi connectivity index (χ1n) is 10.2. The minimum Gasteiger partial charge on any atom is -0.490 e. The topological polar surface area (TPSA) is 92.1 Å². The Labute approximate surface area is 177 Å². The predicted molar refractivity (Wildman–Crippen MR) is 110 cm³/mol. The van der Waals surface area contributed by atoms with Gasteiger partial charge in [-0.2, -0.15) is 5.26 Å². The lowest BCUT2D eigenvalue weighted by Crippen LogP contribution is -2.50. The van der Waals surface area contributed by atoms with E-state index in [0.717, 1.165) is 11.3 Å². The summed E-state index contributed by atoms with van der Waals surface area (Å²) in [5.41, 5.74) is 0.160. The van der Waals surface area contributed by atoms with E-state index in [1.165, 1.54) is 7.11 Å². The lowest BCUT2D eigenvalue weighted by Gasteiger charge is -2.37. The van der Waals surface area contributed by atoms with Gasteiger partial charge in [0.2, 0.25) is 0 Å². The van der Waals surface area contributed by atoms with Crippen molar-refractivity contribution < 1.29 is 23.8 Å². The molecule has 1 unspecified atom stereocenters. The van der Waals surface area contributed by atoms with Crippen LogP contribution in [-0.2, 0) is 19.7 Å². The molecule has 0 aromatic heterocycles. The number of anilines is 1. The van der Waals surface area contributed by atoms with Crippen LogP contribution in [0.2, 0.25) is 0 Å². The number of hydrogen-bond acceptors (Lipinski definition) is 7. The highest BCUT2D eigenvalue weighted by Crippen LogP contribution is 2.47. The Balaban J connectivity index is 1.79. The Kier molecular flexibility index (Phi) is 6.11. The molecule has 30 heavy (non-hydrogen) atoms. The van der Waals surface area contributed by atoms with E-state index in [1.54, 1.807) is 4.90 Å². The van der Waals surface area contributed by atoms with Crippen LogP contribution in [0.15, 0.2) is 18.2 Å². The van der Waals surface area contributed by atoms with Gasteiger partial charge < -0.3 is 24.0 Å². The average molecular weight is 415 g/mol. The van der Waals surface area contributed by atoms with E-state index in [2.05, 4.69) is 11.0 Å². The van der Waals surface area contributed by atoms with Gasteiger partial charge in [-0.15, -0.1) is 0 Å². The molecule has 0 radical (unpaired) electrons. The molecule has 2 aliphatic heterocycles. The van der Waals surface area contributed by atoms with Crippen molar-refractivity contribution in [2.75, 3.05) is 44.8 Å². The summed E-state index contributed by atoms with van der Waals surface area (Å²) in [5.74, 6) is 0.273. The molecule has 1 aromatic rings. The number of nitriles is 1. The predicted octanol–water partition coefficient (Wildman–Crippen LogP) is 2.85. The van der Waals surface area contributed by atoms with Crippen LogP contribution in [0.3, 0.4) is 0 Å². The monoisotopic (exact) mass is 415 g/mol. The molecule has 2 aliphatic rings. The first-order valence-corrected chi connectivity index (χ1v) is 10.2. The van der Waals surface area contributed by atoms with Crippen LogP contribution in [0.5, 0.6) is 5.75 Å². The maximum atomic E-state index is 12.6. The third kappa shape index (κ3) is 4.16. The van der Waals surface area contributed by atoms with E-state index in [0.29, 0.717) is 38.3 Å². The highest BCUT2D eigenvalue weighted by atomic mass is 16.6. The van der Waals surface area contributed by atoms with Crippen molar-refractivity contribution in [3.05, 3.63) is 23.8 Å². The normalized spacial score (nSPS) is 20.8. The minimum atomic E-state index is -0.964. The molecule has 0 saturated carbocycles. The number of para-hydroxylation sites is 1. The Hall–Kier alpha value is -2.95. The molecule has 8 nitrogen and oxygen atoms in total. The maximum Gasteiger partial charge on any atom is 0.410 e. The van der Waals surface area contributed by atoms with Crippen LogP contribution in [0.25, 0.3) is 0 Å². The third-order valence-electron chi connectivity index (χ3n) is 5.48. The summed E-state index contributed by atoms with van der Waals surface area (Å²) in [4.78, 5) is 28.8. The van der Waals surface area contributed by atoms with Crippen molar-refractivity contribution >= 4 is 17.7 Å². The van der Waals surface area contributed by atoms with Crippen molar-refractivity contribution in [2.45, 2.75) is 44.6 Å². The smallest absolute Gasteiger partial charge is 0.410 e. The first-order chi connectivity index (χ1) is 14.2. The van der Waals surface area contributed by atoms with E-state index >= 15 is 0 Å². The highest BCUT2D eigenvalue weighted by Gasteiger charge is 2.49. The number of amides is 1. The van der Waals surface area contributed by atoms with Gasteiger partial charge in [0.15, 0.2) is 0 Å². The molecule has 2 heterocycles. The van der Waals surface area contributed by atoms with E-state index in [1.807, 2.05) is 39.0 Å². The van der Waals surface area contributed by atoms with E-state index < -0.39 is 11.0 Å². The number of carbonyl (C=O) groups excluding carboxylic acids is 2. The number of piperazine rings is 1. The van der Waals surface area contributed by atoms with Gasteiger partial charge in [0, 0.05) is 38.2 Å². The average Bonchev–Trinajstić information content (AvgIpc) is 3.10. The van der Waals surface area contributed by atoms with Gasteiger partial charge >= 0.3 is 12.1 Å². The van der Waals surface area contributed by atoms with Crippen molar-refractivity contribution in [3.8, 4) is 11.8 Å². The minimum absolute atomic E-state index is 0.158. The molecule has 1 amide bonds. The number of benzene rings is 1. The number of ether oxygens (including phenoxy) is 3. The number of hydrogen-bond donors (Lipinski definition) is 0. The van der Waals surface area contributed by atoms with Crippen LogP contribution < -0.4 is 9.64 Å². The highest BCUT2D eigenvalue weighted by molar-refractivity contribution is 5.87. The molecule has 3 rings (SSSR count). The maximum absolute atomic E-state index is 12.6. The zero-order chi connectivity index (χ0) is 21.9. The Morgan fingerprint density at radius 2 is 1.93 bits per heavy atom. The number of esters is 1. The molecule has 1 atom stereocenters. The Morgan fingerprint density at radius 1 is 1.23 bits per heavy atom. The van der Waals surface area contributed by atoms with Crippen molar-refractivity contribution in [1.29, 1.82) is 5.26 Å². The van der Waals surface area contributed by atoms with Crippen LogP contribution in [0, 0.1) is 11.3 Å². The fraction of sp³-hybridized carbons (Fsp3) is 0.591. The zero-order valence-electron chi connectivity index (χ0n) is 18.1. The van der Waals surface area contributed by atoms with Crippen molar-refractivity contribution in [2.24, 2.45) is 0 Å². The number of methoxy groups -OCH3 is 1. The fourth-order valence-electron chi connectivity index (χ4n) is 3.97. The van der Waals surface area contributed by atoms with Crippen LogP contribution in [0.1, 0.15) is 39.2 Å². The van der Waals surface area contributed by atoms with Crippen LogP contribution in [-0.4, -0.2) is 62.5 Å². The van der Waals surface area contributed by atoms with Gasteiger partial charge in [-0.25, -0.2) is 4.79 Å². The van der Waals surface area contributed by atoms with E-state index in [9.17, 15) is 9.59 Å². The number of fused-ring (bicyclic) bond motifs is 1. The zero-order valence-corrected chi connectivity index (χ0v) is 18.1. The van der Waals surface area contributed by atoms with Gasteiger partial charge in [-0.3, -0.25) is 4.79 Å². The van der Waals surface area contributed by atoms with E-state index in [-0.39, 0.29) is 25.1 Å². The lowest BCUT2D eigenvalue weighted by atomic mass is 9.78. The molecular formula is C22H29N3O5. The molecular weight excluding hydrogens is 386 g/mol. The van der Waals surface area contributed by atoms with Crippen LogP contribution >= 0.6 is 0 Å². The Bertz CT molecular complexity index is 849. The van der Waals surface area contributed by atoms with Gasteiger partial charge in [-0.05, 0) is 33.3 Å². The first kappa shape index (κ1) is 21.8. The molecule has 0 N–H and O–H groups in total. The molecule has 1 aromatic carbocycles. The SMILES string of the molecule is COC(=O)C1(CCC#N)COc2c(N3CCN(C(=O)OC(C)(C)C)CC3)cccc21. The molecule has 0 bridgehead atoms. The summed E-state index contributed by atoms with van der Waals surface area (Å²) in [5, 5.41) is 9.05. The molecule has 0 spiro atoms. The Morgan fingerprint density at radius 3 is 2.53 bits per heavy atom. The van der Waals surface area contributed by atoms with Crippen LogP contribution in [0.4, 0.5) is 10.5 Å². The third-order valence-corrected chi connectivity index (χ3v) is 5.48. The number of carbonyl (C=O) groups is 2. The fourth-order valence-corrected chi connectivity index (χ4v) is 3.97.